The number of halogens is 1. The Morgan fingerprint density at radius 3 is 2.63 bits per heavy atom. The number of morpholine rings is 1. The van der Waals surface area contributed by atoms with Crippen LogP contribution in [0.15, 0.2) is 24.3 Å². The van der Waals surface area contributed by atoms with Gasteiger partial charge in [-0.2, -0.15) is 0 Å². The van der Waals surface area contributed by atoms with Gasteiger partial charge in [-0.05, 0) is 26.0 Å². The highest BCUT2D eigenvalue weighted by Crippen LogP contribution is 2.16. The highest BCUT2D eigenvalue weighted by atomic mass is 19.1. The summed E-state index contributed by atoms with van der Waals surface area (Å²) < 4.78 is 24.1. The molecule has 4 nitrogen and oxygen atoms in total. The van der Waals surface area contributed by atoms with Crippen molar-refractivity contribution in [2.24, 2.45) is 0 Å². The van der Waals surface area contributed by atoms with Gasteiger partial charge in [0, 0.05) is 13.1 Å². The maximum Gasteiger partial charge on any atom is 0.260 e. The van der Waals surface area contributed by atoms with E-state index in [-0.39, 0.29) is 30.5 Å². The van der Waals surface area contributed by atoms with Gasteiger partial charge in [0.05, 0.1) is 12.2 Å². The summed E-state index contributed by atoms with van der Waals surface area (Å²) in [5.41, 5.74) is 0. The average molecular weight is 267 g/mol. The molecule has 0 aliphatic carbocycles. The average Bonchev–Trinajstić information content (AvgIpc) is 2.36. The summed E-state index contributed by atoms with van der Waals surface area (Å²) >= 11 is 0. The number of para-hydroxylation sites is 1. The smallest absolute Gasteiger partial charge is 0.260 e. The Morgan fingerprint density at radius 1 is 1.37 bits per heavy atom. The number of benzene rings is 1. The fourth-order valence-corrected chi connectivity index (χ4v) is 2.17. The highest BCUT2D eigenvalue weighted by Gasteiger charge is 2.26. The Bertz CT molecular complexity index is 442. The third-order valence-corrected chi connectivity index (χ3v) is 2.96. The molecule has 0 bridgehead atoms. The summed E-state index contributed by atoms with van der Waals surface area (Å²) in [5.74, 6) is -0.505. The van der Waals surface area contributed by atoms with Gasteiger partial charge in [0.1, 0.15) is 0 Å². The first-order chi connectivity index (χ1) is 9.06. The Hall–Kier alpha value is -1.62. The molecule has 1 aromatic rings. The van der Waals surface area contributed by atoms with Crippen LogP contribution in [0, 0.1) is 5.82 Å². The van der Waals surface area contributed by atoms with Crippen LogP contribution in [0.5, 0.6) is 5.75 Å². The predicted molar refractivity (Wildman–Crippen MR) is 68.5 cm³/mol. The number of carbonyl (C=O) groups excluding carboxylic acids is 1. The molecular weight excluding hydrogens is 249 g/mol. The Morgan fingerprint density at radius 2 is 2.00 bits per heavy atom. The first kappa shape index (κ1) is 13.8. The molecule has 1 aliphatic heterocycles. The lowest BCUT2D eigenvalue weighted by Gasteiger charge is -2.35. The van der Waals surface area contributed by atoms with Crippen LogP contribution in [0.3, 0.4) is 0 Å². The number of hydrogen-bond donors (Lipinski definition) is 0. The molecule has 5 heteroatoms. The molecule has 0 radical (unpaired) electrons. The quantitative estimate of drug-likeness (QED) is 0.839. The van der Waals surface area contributed by atoms with Crippen molar-refractivity contribution < 1.29 is 18.7 Å². The minimum atomic E-state index is -0.459. The van der Waals surface area contributed by atoms with Gasteiger partial charge in [0.15, 0.2) is 18.2 Å². The van der Waals surface area contributed by atoms with Crippen molar-refractivity contribution in [1.82, 2.24) is 4.90 Å². The zero-order valence-corrected chi connectivity index (χ0v) is 11.1. The van der Waals surface area contributed by atoms with E-state index in [2.05, 4.69) is 0 Å². The molecule has 1 amide bonds. The van der Waals surface area contributed by atoms with E-state index >= 15 is 0 Å². The maximum atomic E-state index is 13.3. The van der Waals surface area contributed by atoms with E-state index in [1.165, 1.54) is 12.1 Å². The van der Waals surface area contributed by atoms with Gasteiger partial charge in [-0.25, -0.2) is 4.39 Å². The van der Waals surface area contributed by atoms with Gasteiger partial charge >= 0.3 is 0 Å². The Labute approximate surface area is 112 Å². The van der Waals surface area contributed by atoms with Crippen molar-refractivity contribution in [2.45, 2.75) is 26.1 Å². The standard InChI is InChI=1S/C14H18FNO3/c1-10-7-16(8-11(2)19-10)14(17)9-18-13-6-4-3-5-12(13)15/h3-6,10-11H,7-9H2,1-2H3/t10-,11+. The van der Waals surface area contributed by atoms with Gasteiger partial charge in [0.25, 0.3) is 5.91 Å². The maximum absolute atomic E-state index is 13.3. The van der Waals surface area contributed by atoms with E-state index in [1.807, 2.05) is 13.8 Å². The third kappa shape index (κ3) is 3.67. The number of nitrogens with zero attached hydrogens (tertiary/aromatic N) is 1. The summed E-state index contributed by atoms with van der Waals surface area (Å²) in [6.45, 7) is 4.79. The highest BCUT2D eigenvalue weighted by molar-refractivity contribution is 5.78. The summed E-state index contributed by atoms with van der Waals surface area (Å²) in [5, 5.41) is 0. The summed E-state index contributed by atoms with van der Waals surface area (Å²) in [6.07, 6.45) is 0.0299. The molecule has 104 valence electrons. The van der Waals surface area contributed by atoms with Crippen LogP contribution in [-0.2, 0) is 9.53 Å². The molecule has 0 aromatic heterocycles. The molecule has 1 fully saturated rings. The number of ether oxygens (including phenoxy) is 2. The van der Waals surface area contributed by atoms with Crippen molar-refractivity contribution in [1.29, 1.82) is 0 Å². The minimum absolute atomic E-state index is 0.0150. The SMILES string of the molecule is C[C@@H]1CN(C(=O)COc2ccccc2F)C[C@H](C)O1. The van der Waals surface area contributed by atoms with E-state index in [4.69, 9.17) is 9.47 Å². The number of carbonyl (C=O) groups is 1. The van der Waals surface area contributed by atoms with Gasteiger partial charge in [0.2, 0.25) is 0 Å². The van der Waals surface area contributed by atoms with Crippen molar-refractivity contribution >= 4 is 5.91 Å². The van der Waals surface area contributed by atoms with Crippen LogP contribution in [0.25, 0.3) is 0 Å². The zero-order valence-electron chi connectivity index (χ0n) is 11.1. The number of hydrogen-bond acceptors (Lipinski definition) is 3. The van der Waals surface area contributed by atoms with Crippen LogP contribution < -0.4 is 4.74 Å². The van der Waals surface area contributed by atoms with Crippen molar-refractivity contribution in [3.8, 4) is 5.75 Å². The van der Waals surface area contributed by atoms with Crippen LogP contribution in [0.1, 0.15) is 13.8 Å². The molecule has 1 aliphatic rings. The lowest BCUT2D eigenvalue weighted by atomic mass is 10.2. The van der Waals surface area contributed by atoms with Crippen LogP contribution in [0.4, 0.5) is 4.39 Å². The zero-order chi connectivity index (χ0) is 13.8. The van der Waals surface area contributed by atoms with E-state index in [9.17, 15) is 9.18 Å². The molecule has 2 rings (SSSR count). The van der Waals surface area contributed by atoms with Gasteiger partial charge in [-0.1, -0.05) is 12.1 Å². The second-order valence-electron chi connectivity index (χ2n) is 4.78. The molecular formula is C14H18FNO3. The second kappa shape index (κ2) is 6.02. The monoisotopic (exact) mass is 267 g/mol. The topological polar surface area (TPSA) is 38.8 Å². The largest absolute Gasteiger partial charge is 0.481 e. The first-order valence-electron chi connectivity index (χ1n) is 6.37. The van der Waals surface area contributed by atoms with E-state index < -0.39 is 5.82 Å². The second-order valence-corrected chi connectivity index (χ2v) is 4.78. The fraction of sp³-hybridized carbons (Fsp3) is 0.500. The molecule has 1 saturated heterocycles. The molecule has 19 heavy (non-hydrogen) atoms. The predicted octanol–water partition coefficient (Wildman–Crippen LogP) is 1.84. The lowest BCUT2D eigenvalue weighted by Crippen LogP contribution is -2.49. The number of rotatable bonds is 3. The van der Waals surface area contributed by atoms with Crippen LogP contribution in [-0.4, -0.2) is 42.7 Å². The summed E-state index contributed by atoms with van der Waals surface area (Å²) in [7, 11) is 0. The Kier molecular flexibility index (Phi) is 4.37. The van der Waals surface area contributed by atoms with Gasteiger partial charge in [-0.15, -0.1) is 0 Å². The molecule has 0 unspecified atom stereocenters. The minimum Gasteiger partial charge on any atom is -0.481 e. The Balaban J connectivity index is 1.89. The molecule has 0 spiro atoms. The molecule has 2 atom stereocenters. The van der Waals surface area contributed by atoms with Gasteiger partial charge < -0.3 is 14.4 Å². The third-order valence-electron chi connectivity index (χ3n) is 2.96. The summed E-state index contributed by atoms with van der Waals surface area (Å²) in [4.78, 5) is 13.7. The summed E-state index contributed by atoms with van der Waals surface area (Å²) in [6, 6.07) is 6.06. The first-order valence-corrected chi connectivity index (χ1v) is 6.37. The lowest BCUT2D eigenvalue weighted by molar-refractivity contribution is -0.145. The normalized spacial score (nSPS) is 23.2. The van der Waals surface area contributed by atoms with Crippen molar-refractivity contribution in [3.63, 3.8) is 0 Å². The molecule has 1 heterocycles. The van der Waals surface area contributed by atoms with Crippen LogP contribution >= 0.6 is 0 Å². The number of amides is 1. The fourth-order valence-electron chi connectivity index (χ4n) is 2.17. The van der Waals surface area contributed by atoms with Crippen molar-refractivity contribution in [2.75, 3.05) is 19.7 Å². The van der Waals surface area contributed by atoms with Gasteiger partial charge in [-0.3, -0.25) is 4.79 Å². The van der Waals surface area contributed by atoms with E-state index in [1.54, 1.807) is 17.0 Å². The van der Waals surface area contributed by atoms with E-state index in [0.717, 1.165) is 0 Å². The van der Waals surface area contributed by atoms with Crippen molar-refractivity contribution in [3.05, 3.63) is 30.1 Å². The molecule has 0 N–H and O–H groups in total. The van der Waals surface area contributed by atoms with E-state index in [0.29, 0.717) is 13.1 Å². The molecule has 0 saturated carbocycles. The molecule has 1 aromatic carbocycles. The van der Waals surface area contributed by atoms with Crippen LogP contribution in [0.2, 0.25) is 0 Å².